The van der Waals surface area contributed by atoms with Gasteiger partial charge in [0.15, 0.2) is 5.96 Å². The lowest BCUT2D eigenvalue weighted by molar-refractivity contribution is -0.268. The molecule has 0 heterocycles. The minimum absolute atomic E-state index is 0.0330. The number of carboxylic acid groups (broad SMARTS) is 1. The second kappa shape index (κ2) is 15.8. The minimum atomic E-state index is -1.53. The summed E-state index contributed by atoms with van der Waals surface area (Å²) in [5.41, 5.74) is 12.9. The van der Waals surface area contributed by atoms with E-state index in [-0.39, 0.29) is 31.9 Å². The smallest absolute Gasteiger partial charge is 0.249 e. The van der Waals surface area contributed by atoms with Gasteiger partial charge in [-0.25, -0.2) is 0 Å². The molecule has 3 amide bonds. The highest BCUT2D eigenvalue weighted by Crippen LogP contribution is 2.30. The molecule has 0 aromatic heterocycles. The van der Waals surface area contributed by atoms with Crippen molar-refractivity contribution in [3.8, 4) is 5.75 Å². The topological polar surface area (TPSA) is 175 Å². The lowest BCUT2D eigenvalue weighted by atomic mass is 10.0. The lowest BCUT2D eigenvalue weighted by Gasteiger charge is -2.33. The lowest BCUT2D eigenvalue weighted by Crippen LogP contribution is -2.56. The number of nitrogens with two attached hydrogens (primary N) is 2. The molecular weight excluding hydrogens is 572 g/mol. The van der Waals surface area contributed by atoms with Gasteiger partial charge in [0.2, 0.25) is 11.8 Å². The minimum Gasteiger partial charge on any atom is -0.530 e. The van der Waals surface area contributed by atoms with E-state index in [0.29, 0.717) is 23.4 Å². The molecule has 0 saturated carbocycles. The summed E-state index contributed by atoms with van der Waals surface area (Å²) in [4.78, 5) is 44.8. The number of nitrogens with zero attached hydrogens (tertiary/aromatic N) is 2. The summed E-state index contributed by atoms with van der Waals surface area (Å²) in [5, 5.41) is 19.9. The molecule has 0 aliphatic rings. The largest absolute Gasteiger partial charge is 0.530 e. The van der Waals surface area contributed by atoms with Gasteiger partial charge in [0.05, 0.1) is 7.11 Å². The van der Waals surface area contributed by atoms with Crippen LogP contribution in [-0.2, 0) is 22.6 Å². The number of guanidine groups is 1. The predicted molar refractivity (Wildman–Crippen MR) is 172 cm³/mol. The summed E-state index contributed by atoms with van der Waals surface area (Å²) < 4.78 is 5.58. The number of rotatable bonds is 14. The molecule has 11 nitrogen and oxygen atoms in total. The van der Waals surface area contributed by atoms with Crippen LogP contribution in [0.15, 0.2) is 102 Å². The van der Waals surface area contributed by atoms with Gasteiger partial charge in [0, 0.05) is 36.7 Å². The number of anilines is 1. The number of hydrogen-bond donors (Lipinski definition) is 4. The second-order valence-electron chi connectivity index (χ2n) is 10.5. The van der Waals surface area contributed by atoms with E-state index in [4.69, 9.17) is 16.2 Å². The normalized spacial score (nSPS) is 12.0. The van der Waals surface area contributed by atoms with Crippen molar-refractivity contribution in [1.82, 2.24) is 10.2 Å². The summed E-state index contributed by atoms with van der Waals surface area (Å²) in [6.45, 7) is 0.175. The number of ether oxygens (including phenoxy) is 1. The molecule has 0 aliphatic heterocycles. The molecule has 0 unspecified atom stereocenters. The maximum Gasteiger partial charge on any atom is 0.249 e. The molecule has 0 aliphatic carbocycles. The standard InChI is InChI=1S/C34H38N6O5/c1-45-30-21-26(20-25-15-8-9-16-27(25)30)38-28(17-10-18-37-33(35)36)31(41)39-32(42)29(19-23-11-4-2-5-12-23)40(34(43)44)22-24-13-6-3-7-14-24/h2-9,11-16,20-21,28-29,38H,10,17-19,22H2,1H3,(H,43,44)(H4,35,36,37)(H,39,41,42)/p-1/t28-,29-/m0/s1. The van der Waals surface area contributed by atoms with E-state index in [9.17, 15) is 19.5 Å². The van der Waals surface area contributed by atoms with Crippen LogP contribution in [0.1, 0.15) is 24.0 Å². The third kappa shape index (κ3) is 9.20. The fourth-order valence-electron chi connectivity index (χ4n) is 5.06. The Hall–Kier alpha value is -5.58. The summed E-state index contributed by atoms with van der Waals surface area (Å²) >= 11 is 0. The van der Waals surface area contributed by atoms with Crippen LogP contribution in [0.25, 0.3) is 10.8 Å². The Labute approximate surface area is 261 Å². The monoisotopic (exact) mass is 609 g/mol. The van der Waals surface area contributed by atoms with Crippen LogP contribution in [0.5, 0.6) is 5.75 Å². The highest BCUT2D eigenvalue weighted by Gasteiger charge is 2.30. The van der Waals surface area contributed by atoms with Crippen molar-refractivity contribution < 1.29 is 24.2 Å². The number of carbonyl (C=O) groups excluding carboxylic acids is 3. The van der Waals surface area contributed by atoms with Crippen molar-refractivity contribution in [3.05, 3.63) is 108 Å². The molecule has 4 rings (SSSR count). The average molecular weight is 610 g/mol. The highest BCUT2D eigenvalue weighted by atomic mass is 16.5. The quantitative estimate of drug-likeness (QED) is 0.0959. The van der Waals surface area contributed by atoms with Gasteiger partial charge in [-0.1, -0.05) is 84.9 Å². The number of methoxy groups -OCH3 is 1. The first kappa shape index (κ1) is 32.3. The Balaban J connectivity index is 1.61. The molecule has 0 saturated heterocycles. The molecule has 0 spiro atoms. The molecule has 0 radical (unpaired) electrons. The zero-order valence-electron chi connectivity index (χ0n) is 25.0. The molecule has 6 N–H and O–H groups in total. The molecular formula is C34H37N6O5-. The van der Waals surface area contributed by atoms with Gasteiger partial charge >= 0.3 is 0 Å². The molecule has 0 fully saturated rings. The summed E-state index contributed by atoms with van der Waals surface area (Å²) in [6.07, 6.45) is -0.805. The Kier molecular flexibility index (Phi) is 11.3. The van der Waals surface area contributed by atoms with Gasteiger partial charge in [-0.3, -0.25) is 19.9 Å². The van der Waals surface area contributed by atoms with Crippen molar-refractivity contribution in [1.29, 1.82) is 0 Å². The van der Waals surface area contributed by atoms with Gasteiger partial charge in [-0.2, -0.15) is 0 Å². The number of imide groups is 1. The fraction of sp³-hybridized carbons (Fsp3) is 0.235. The Morgan fingerprint density at radius 1 is 0.889 bits per heavy atom. The number of fused-ring (bicyclic) bond motifs is 1. The Bertz CT molecular complexity index is 1630. The third-order valence-electron chi connectivity index (χ3n) is 7.27. The van der Waals surface area contributed by atoms with Crippen LogP contribution < -0.4 is 31.9 Å². The highest BCUT2D eigenvalue weighted by molar-refractivity contribution is 6.02. The predicted octanol–water partition coefficient (Wildman–Crippen LogP) is 2.78. The molecule has 11 heteroatoms. The van der Waals surface area contributed by atoms with Gasteiger partial charge in [0.25, 0.3) is 0 Å². The van der Waals surface area contributed by atoms with Gasteiger partial charge in [-0.15, -0.1) is 0 Å². The van der Waals surface area contributed by atoms with Gasteiger partial charge < -0.3 is 36.3 Å². The van der Waals surface area contributed by atoms with E-state index in [2.05, 4.69) is 15.6 Å². The van der Waals surface area contributed by atoms with Crippen LogP contribution in [-0.4, -0.2) is 54.5 Å². The van der Waals surface area contributed by atoms with Crippen molar-refractivity contribution in [3.63, 3.8) is 0 Å². The van der Waals surface area contributed by atoms with Crippen LogP contribution >= 0.6 is 0 Å². The molecule has 2 atom stereocenters. The number of benzene rings is 4. The maximum atomic E-state index is 13.8. The average Bonchev–Trinajstić information content (AvgIpc) is 3.04. The first-order valence-corrected chi connectivity index (χ1v) is 14.5. The molecule has 4 aromatic rings. The van der Waals surface area contributed by atoms with Crippen LogP contribution in [0.4, 0.5) is 10.5 Å². The Morgan fingerprint density at radius 3 is 2.18 bits per heavy atom. The zero-order chi connectivity index (χ0) is 32.2. The van der Waals surface area contributed by atoms with Crippen molar-refractivity contribution in [2.24, 2.45) is 16.5 Å². The summed E-state index contributed by atoms with van der Waals surface area (Å²) in [5.74, 6) is -0.855. The Morgan fingerprint density at radius 2 is 1.53 bits per heavy atom. The van der Waals surface area contributed by atoms with Crippen LogP contribution in [0.2, 0.25) is 0 Å². The van der Waals surface area contributed by atoms with Crippen LogP contribution in [0.3, 0.4) is 0 Å². The van der Waals surface area contributed by atoms with Gasteiger partial charge in [-0.05, 0) is 35.4 Å². The summed E-state index contributed by atoms with van der Waals surface area (Å²) in [6, 6.07) is 27.1. The van der Waals surface area contributed by atoms with E-state index in [0.717, 1.165) is 21.2 Å². The van der Waals surface area contributed by atoms with Crippen molar-refractivity contribution in [2.75, 3.05) is 19.0 Å². The number of carbonyl (C=O) groups is 3. The van der Waals surface area contributed by atoms with E-state index in [1.807, 2.05) is 42.5 Å². The first-order valence-electron chi connectivity index (χ1n) is 14.5. The number of hydrogen-bond acceptors (Lipinski definition) is 7. The summed E-state index contributed by atoms with van der Waals surface area (Å²) in [7, 11) is 1.56. The van der Waals surface area contributed by atoms with Gasteiger partial charge in [0.1, 0.15) is 23.9 Å². The third-order valence-corrected chi connectivity index (χ3v) is 7.27. The maximum absolute atomic E-state index is 13.8. The van der Waals surface area contributed by atoms with Crippen molar-refractivity contribution >= 4 is 40.3 Å². The molecule has 45 heavy (non-hydrogen) atoms. The number of aliphatic imine (C=N–C) groups is 1. The SMILES string of the molecule is COc1cc(N[C@@H](CCCN=C(N)N)C(=O)NC(=O)[C@H](Cc2ccccc2)N(Cc2ccccc2)C(=O)[O-])cc2ccccc12. The van der Waals surface area contributed by atoms with Crippen LogP contribution in [0, 0.1) is 0 Å². The molecule has 234 valence electrons. The fourth-order valence-corrected chi connectivity index (χ4v) is 5.06. The second-order valence-corrected chi connectivity index (χ2v) is 10.5. The van der Waals surface area contributed by atoms with E-state index >= 15 is 0 Å². The number of amides is 3. The van der Waals surface area contributed by atoms with E-state index < -0.39 is 30.0 Å². The zero-order valence-corrected chi connectivity index (χ0v) is 25.0. The number of nitrogens with one attached hydrogen (secondary N) is 2. The first-order chi connectivity index (χ1) is 21.7. The van der Waals surface area contributed by atoms with E-state index in [1.165, 1.54) is 0 Å². The molecule has 4 aromatic carbocycles. The van der Waals surface area contributed by atoms with E-state index in [1.54, 1.807) is 61.7 Å². The molecule has 0 bridgehead atoms. The van der Waals surface area contributed by atoms with Crippen molar-refractivity contribution in [2.45, 2.75) is 37.9 Å².